The summed E-state index contributed by atoms with van der Waals surface area (Å²) in [6.45, 7) is 5.52. The predicted molar refractivity (Wildman–Crippen MR) is 113 cm³/mol. The summed E-state index contributed by atoms with van der Waals surface area (Å²) in [7, 11) is 0. The smallest absolute Gasteiger partial charge is 0.173 e. The SMILES string of the molecule is C[C@H]1CN(c2ccc3nc(-c4cc(F)c5nc(CF)cn5c4)ncc3c2)C[C@H](C)N1. The summed E-state index contributed by atoms with van der Waals surface area (Å²) in [6.07, 6.45) is 4.91. The van der Waals surface area contributed by atoms with Gasteiger partial charge in [-0.1, -0.05) is 0 Å². The van der Waals surface area contributed by atoms with Crippen LogP contribution in [0.5, 0.6) is 0 Å². The average Bonchev–Trinajstić information content (AvgIpc) is 3.16. The molecule has 2 atom stereocenters. The molecule has 1 fully saturated rings. The van der Waals surface area contributed by atoms with E-state index in [0.29, 0.717) is 23.5 Å². The van der Waals surface area contributed by atoms with Crippen molar-refractivity contribution in [3.63, 3.8) is 0 Å². The monoisotopic (exact) mass is 408 g/mol. The molecule has 8 heteroatoms. The number of nitrogens with one attached hydrogen (secondary N) is 1. The van der Waals surface area contributed by atoms with Gasteiger partial charge in [0.15, 0.2) is 17.3 Å². The lowest BCUT2D eigenvalue weighted by molar-refractivity contribution is 0.407. The van der Waals surface area contributed by atoms with Crippen LogP contribution in [-0.4, -0.2) is 44.5 Å². The zero-order valence-corrected chi connectivity index (χ0v) is 16.8. The van der Waals surface area contributed by atoms with Crippen molar-refractivity contribution in [3.05, 3.63) is 54.4 Å². The van der Waals surface area contributed by atoms with Gasteiger partial charge in [-0.15, -0.1) is 0 Å². The number of rotatable bonds is 3. The van der Waals surface area contributed by atoms with Crippen molar-refractivity contribution >= 4 is 22.2 Å². The fourth-order valence-corrected chi connectivity index (χ4v) is 4.19. The zero-order valence-electron chi connectivity index (χ0n) is 16.8. The van der Waals surface area contributed by atoms with E-state index in [1.165, 1.54) is 16.7 Å². The van der Waals surface area contributed by atoms with Gasteiger partial charge < -0.3 is 14.6 Å². The molecule has 1 aromatic carbocycles. The van der Waals surface area contributed by atoms with Gasteiger partial charge in [-0.25, -0.2) is 23.7 Å². The van der Waals surface area contributed by atoms with Crippen LogP contribution in [0.25, 0.3) is 27.9 Å². The lowest BCUT2D eigenvalue weighted by Crippen LogP contribution is -2.54. The Morgan fingerprint density at radius 3 is 2.67 bits per heavy atom. The molecular formula is C22H22F2N6. The van der Waals surface area contributed by atoms with Crippen LogP contribution < -0.4 is 10.2 Å². The van der Waals surface area contributed by atoms with E-state index in [-0.39, 0.29) is 11.3 Å². The topological polar surface area (TPSA) is 58.4 Å². The highest BCUT2D eigenvalue weighted by molar-refractivity contribution is 5.83. The zero-order chi connectivity index (χ0) is 20.8. The van der Waals surface area contributed by atoms with Crippen molar-refractivity contribution in [2.45, 2.75) is 32.6 Å². The molecule has 30 heavy (non-hydrogen) atoms. The molecule has 4 aromatic rings. The van der Waals surface area contributed by atoms with E-state index in [0.717, 1.165) is 29.7 Å². The van der Waals surface area contributed by atoms with Crippen molar-refractivity contribution in [3.8, 4) is 11.4 Å². The highest BCUT2D eigenvalue weighted by Crippen LogP contribution is 2.26. The summed E-state index contributed by atoms with van der Waals surface area (Å²) in [5.41, 5.74) is 2.73. The second-order valence-electron chi connectivity index (χ2n) is 7.98. The third-order valence-electron chi connectivity index (χ3n) is 5.44. The maximum Gasteiger partial charge on any atom is 0.173 e. The Hall–Kier alpha value is -3.13. The number of pyridine rings is 1. The number of hydrogen-bond donors (Lipinski definition) is 1. The lowest BCUT2D eigenvalue weighted by Gasteiger charge is -2.37. The van der Waals surface area contributed by atoms with Gasteiger partial charge in [-0.3, -0.25) is 0 Å². The molecule has 0 saturated carbocycles. The van der Waals surface area contributed by atoms with Crippen molar-refractivity contribution in [1.29, 1.82) is 0 Å². The van der Waals surface area contributed by atoms with Gasteiger partial charge in [0.2, 0.25) is 0 Å². The molecule has 1 aliphatic rings. The van der Waals surface area contributed by atoms with E-state index in [4.69, 9.17) is 0 Å². The number of nitrogens with zero attached hydrogens (tertiary/aromatic N) is 5. The minimum absolute atomic E-state index is 0.0938. The van der Waals surface area contributed by atoms with Gasteiger partial charge in [0.25, 0.3) is 0 Å². The molecule has 3 aromatic heterocycles. The van der Waals surface area contributed by atoms with E-state index in [9.17, 15) is 8.78 Å². The number of benzene rings is 1. The van der Waals surface area contributed by atoms with Crippen LogP contribution in [-0.2, 0) is 6.67 Å². The molecule has 0 aliphatic carbocycles. The number of anilines is 1. The summed E-state index contributed by atoms with van der Waals surface area (Å²) in [6, 6.07) is 8.32. The maximum atomic E-state index is 14.4. The Morgan fingerprint density at radius 1 is 1.10 bits per heavy atom. The van der Waals surface area contributed by atoms with Crippen molar-refractivity contribution in [2.75, 3.05) is 18.0 Å². The van der Waals surface area contributed by atoms with Crippen molar-refractivity contribution in [1.82, 2.24) is 24.7 Å². The number of fused-ring (bicyclic) bond motifs is 2. The summed E-state index contributed by atoms with van der Waals surface area (Å²) in [4.78, 5) is 15.4. The van der Waals surface area contributed by atoms with Crippen LogP contribution in [0.4, 0.5) is 14.5 Å². The number of aromatic nitrogens is 4. The summed E-state index contributed by atoms with van der Waals surface area (Å²) >= 11 is 0. The van der Waals surface area contributed by atoms with Gasteiger partial charge in [-0.2, -0.15) is 0 Å². The van der Waals surface area contributed by atoms with Crippen LogP contribution in [0.15, 0.2) is 42.9 Å². The Bertz CT molecular complexity index is 1230. The van der Waals surface area contributed by atoms with E-state index in [1.807, 2.05) is 6.07 Å². The first-order valence-electron chi connectivity index (χ1n) is 10.0. The highest BCUT2D eigenvalue weighted by atomic mass is 19.1. The molecule has 0 unspecified atom stereocenters. The van der Waals surface area contributed by atoms with Gasteiger partial charge in [0, 0.05) is 60.4 Å². The van der Waals surface area contributed by atoms with Crippen LogP contribution in [0.2, 0.25) is 0 Å². The predicted octanol–water partition coefficient (Wildman–Crippen LogP) is 3.74. The van der Waals surface area contributed by atoms with E-state index in [2.05, 4.69) is 51.1 Å². The van der Waals surface area contributed by atoms with Gasteiger partial charge in [-0.05, 0) is 38.1 Å². The normalized spacial score (nSPS) is 19.7. The molecule has 6 nitrogen and oxygen atoms in total. The van der Waals surface area contributed by atoms with Crippen molar-refractivity contribution < 1.29 is 8.78 Å². The number of alkyl halides is 1. The minimum atomic E-state index is -0.740. The molecule has 154 valence electrons. The molecule has 0 radical (unpaired) electrons. The first-order chi connectivity index (χ1) is 14.5. The van der Waals surface area contributed by atoms with Crippen LogP contribution in [0, 0.1) is 5.82 Å². The summed E-state index contributed by atoms with van der Waals surface area (Å²) in [5.74, 6) is -0.121. The molecule has 1 aliphatic heterocycles. The van der Waals surface area contributed by atoms with E-state index in [1.54, 1.807) is 12.4 Å². The Labute approximate surface area is 172 Å². The van der Waals surface area contributed by atoms with E-state index >= 15 is 0 Å². The molecule has 1 saturated heterocycles. The van der Waals surface area contributed by atoms with Crippen LogP contribution in [0.3, 0.4) is 0 Å². The van der Waals surface area contributed by atoms with Crippen molar-refractivity contribution in [2.24, 2.45) is 0 Å². The fourth-order valence-electron chi connectivity index (χ4n) is 4.19. The van der Waals surface area contributed by atoms with E-state index < -0.39 is 12.5 Å². The Kier molecular flexibility index (Phi) is 4.58. The first-order valence-corrected chi connectivity index (χ1v) is 10.0. The molecule has 5 rings (SSSR count). The molecule has 1 N–H and O–H groups in total. The van der Waals surface area contributed by atoms with Gasteiger partial charge >= 0.3 is 0 Å². The third kappa shape index (κ3) is 3.37. The third-order valence-corrected chi connectivity index (χ3v) is 5.44. The molecule has 0 spiro atoms. The second-order valence-corrected chi connectivity index (χ2v) is 7.98. The molecule has 0 bridgehead atoms. The average molecular weight is 408 g/mol. The largest absolute Gasteiger partial charge is 0.368 e. The quantitative estimate of drug-likeness (QED) is 0.560. The fraction of sp³-hybridized carbons (Fsp3) is 0.318. The molecular weight excluding hydrogens is 386 g/mol. The summed E-state index contributed by atoms with van der Waals surface area (Å²) in [5, 5.41) is 4.47. The Balaban J connectivity index is 1.50. The number of piperazine rings is 1. The van der Waals surface area contributed by atoms with Gasteiger partial charge in [0.1, 0.15) is 6.67 Å². The maximum absolute atomic E-state index is 14.4. The van der Waals surface area contributed by atoms with Crippen LogP contribution in [0.1, 0.15) is 19.5 Å². The Morgan fingerprint density at radius 2 is 1.90 bits per heavy atom. The highest BCUT2D eigenvalue weighted by Gasteiger charge is 2.21. The van der Waals surface area contributed by atoms with Gasteiger partial charge in [0.05, 0.1) is 11.2 Å². The van der Waals surface area contributed by atoms with Crippen LogP contribution >= 0.6 is 0 Å². The lowest BCUT2D eigenvalue weighted by atomic mass is 10.1. The first kappa shape index (κ1) is 18.9. The minimum Gasteiger partial charge on any atom is -0.368 e. The standard InChI is InChI=1S/C22H22F2N6/c1-13-9-29(10-14(2)26-13)18-3-4-20-15(5-18)8-25-21(28-20)16-6-19(24)22-27-17(7-23)12-30(22)11-16/h3-6,8,11-14,26H,7,9-10H2,1-2H3/t13-,14-/m0/s1. The number of halogens is 2. The second kappa shape index (κ2) is 7.28. The molecule has 0 amide bonds. The summed E-state index contributed by atoms with van der Waals surface area (Å²) < 4.78 is 28.8. The number of imidazole rings is 1. The molecule has 4 heterocycles. The number of hydrogen-bond acceptors (Lipinski definition) is 5.